The van der Waals surface area contributed by atoms with Crippen molar-refractivity contribution in [3.05, 3.63) is 24.2 Å². The van der Waals surface area contributed by atoms with Gasteiger partial charge in [0.2, 0.25) is 5.91 Å². The highest BCUT2D eigenvalue weighted by atomic mass is 79.9. The fourth-order valence-electron chi connectivity index (χ4n) is 2.35. The Hall–Kier alpha value is -0.810. The lowest BCUT2D eigenvalue weighted by molar-refractivity contribution is -0.128. The van der Waals surface area contributed by atoms with E-state index in [1.165, 1.54) is 0 Å². The maximum atomic E-state index is 11.8. The Kier molecular flexibility index (Phi) is 4.83. The van der Waals surface area contributed by atoms with Gasteiger partial charge in [-0.1, -0.05) is 15.9 Å². The number of aliphatic hydroxyl groups excluding tert-OH is 1. The Morgan fingerprint density at radius 1 is 1.61 bits per heavy atom. The van der Waals surface area contributed by atoms with Crippen molar-refractivity contribution in [2.24, 2.45) is 11.8 Å². The average molecular weight is 316 g/mol. The van der Waals surface area contributed by atoms with Crippen LogP contribution in [0.2, 0.25) is 0 Å². The number of furan rings is 1. The SMILES string of the molecule is O=C1CC(CBr)CN1CC(CO)Cc1ccco1. The van der Waals surface area contributed by atoms with E-state index in [4.69, 9.17) is 4.42 Å². The number of carbonyl (C=O) groups excluding carboxylic acids is 1. The number of halogens is 1. The Morgan fingerprint density at radius 2 is 2.44 bits per heavy atom. The third-order valence-corrected chi connectivity index (χ3v) is 4.24. The molecule has 2 unspecified atom stereocenters. The number of nitrogens with zero attached hydrogens (tertiary/aromatic N) is 1. The van der Waals surface area contributed by atoms with E-state index in [1.807, 2.05) is 17.0 Å². The fourth-order valence-corrected chi connectivity index (χ4v) is 2.78. The average Bonchev–Trinajstić information content (AvgIpc) is 2.99. The third-order valence-electron chi connectivity index (χ3n) is 3.32. The van der Waals surface area contributed by atoms with Crippen LogP contribution in [0.4, 0.5) is 0 Å². The predicted molar refractivity (Wildman–Crippen MR) is 71.5 cm³/mol. The molecule has 4 nitrogen and oxygen atoms in total. The second kappa shape index (κ2) is 6.38. The predicted octanol–water partition coefficient (Wildman–Crippen LogP) is 1.67. The molecule has 0 radical (unpaired) electrons. The molecule has 1 aliphatic rings. The summed E-state index contributed by atoms with van der Waals surface area (Å²) in [5, 5.41) is 10.3. The summed E-state index contributed by atoms with van der Waals surface area (Å²) in [4.78, 5) is 13.7. The van der Waals surface area contributed by atoms with Crippen molar-refractivity contribution >= 4 is 21.8 Å². The quantitative estimate of drug-likeness (QED) is 0.813. The first-order chi connectivity index (χ1) is 8.72. The molecule has 0 aromatic carbocycles. The summed E-state index contributed by atoms with van der Waals surface area (Å²) >= 11 is 3.42. The van der Waals surface area contributed by atoms with Gasteiger partial charge >= 0.3 is 0 Å². The highest BCUT2D eigenvalue weighted by molar-refractivity contribution is 9.09. The van der Waals surface area contributed by atoms with E-state index in [2.05, 4.69) is 15.9 Å². The van der Waals surface area contributed by atoms with E-state index < -0.39 is 0 Å². The van der Waals surface area contributed by atoms with E-state index in [9.17, 15) is 9.90 Å². The first kappa shape index (κ1) is 13.6. The largest absolute Gasteiger partial charge is 0.469 e. The number of hydrogen-bond acceptors (Lipinski definition) is 3. The van der Waals surface area contributed by atoms with Crippen LogP contribution in [0, 0.1) is 11.8 Å². The van der Waals surface area contributed by atoms with Gasteiger partial charge in [-0.3, -0.25) is 4.79 Å². The van der Waals surface area contributed by atoms with Crippen LogP contribution in [0.15, 0.2) is 22.8 Å². The number of likely N-dealkylation sites (tertiary alicyclic amines) is 1. The molecule has 0 spiro atoms. The molecule has 2 rings (SSSR count). The molecule has 1 saturated heterocycles. The van der Waals surface area contributed by atoms with Crippen molar-refractivity contribution < 1.29 is 14.3 Å². The molecule has 18 heavy (non-hydrogen) atoms. The van der Waals surface area contributed by atoms with E-state index in [0.29, 0.717) is 25.3 Å². The normalized spacial score (nSPS) is 21.6. The monoisotopic (exact) mass is 315 g/mol. The van der Waals surface area contributed by atoms with Crippen molar-refractivity contribution in [3.8, 4) is 0 Å². The van der Waals surface area contributed by atoms with Crippen LogP contribution in [-0.2, 0) is 11.2 Å². The van der Waals surface area contributed by atoms with Gasteiger partial charge in [0.25, 0.3) is 0 Å². The number of carbonyl (C=O) groups is 1. The lowest BCUT2D eigenvalue weighted by Crippen LogP contribution is -2.33. The summed E-state index contributed by atoms with van der Waals surface area (Å²) in [6.45, 7) is 1.47. The van der Waals surface area contributed by atoms with Gasteiger partial charge in [-0.25, -0.2) is 0 Å². The number of alkyl halides is 1. The molecule has 5 heteroatoms. The van der Waals surface area contributed by atoms with E-state index >= 15 is 0 Å². The molecule has 0 aliphatic carbocycles. The standard InChI is InChI=1S/C13H18BrNO3/c14-6-10-5-13(17)15(7-10)8-11(9-16)4-12-2-1-3-18-12/h1-3,10-11,16H,4-9H2. The lowest BCUT2D eigenvalue weighted by Gasteiger charge is -2.22. The van der Waals surface area contributed by atoms with E-state index in [-0.39, 0.29) is 18.4 Å². The van der Waals surface area contributed by atoms with Crippen LogP contribution in [0.5, 0.6) is 0 Å². The number of rotatable bonds is 6. The van der Waals surface area contributed by atoms with Gasteiger partial charge in [0.15, 0.2) is 0 Å². The molecule has 1 fully saturated rings. The Balaban J connectivity index is 1.88. The molecule has 2 atom stereocenters. The van der Waals surface area contributed by atoms with Crippen molar-refractivity contribution in [3.63, 3.8) is 0 Å². The van der Waals surface area contributed by atoms with Crippen LogP contribution in [0.3, 0.4) is 0 Å². The lowest BCUT2D eigenvalue weighted by atomic mass is 10.0. The van der Waals surface area contributed by atoms with Crippen molar-refractivity contribution in [1.29, 1.82) is 0 Å². The zero-order valence-corrected chi connectivity index (χ0v) is 11.8. The van der Waals surface area contributed by atoms with Gasteiger partial charge in [0.05, 0.1) is 6.26 Å². The molecule has 0 bridgehead atoms. The Morgan fingerprint density at radius 3 is 3.00 bits per heavy atom. The smallest absolute Gasteiger partial charge is 0.222 e. The summed E-state index contributed by atoms with van der Waals surface area (Å²) in [6, 6.07) is 3.74. The minimum atomic E-state index is 0.0502. The van der Waals surface area contributed by atoms with Crippen LogP contribution in [-0.4, -0.2) is 40.9 Å². The summed E-state index contributed by atoms with van der Waals surface area (Å²) in [6.07, 6.45) is 2.92. The van der Waals surface area contributed by atoms with Crippen molar-refractivity contribution in [2.45, 2.75) is 12.8 Å². The first-order valence-corrected chi connectivity index (χ1v) is 7.32. The number of aliphatic hydroxyl groups is 1. The molecule has 1 aliphatic heterocycles. The molecular formula is C13H18BrNO3. The van der Waals surface area contributed by atoms with Crippen LogP contribution >= 0.6 is 15.9 Å². The Bertz CT molecular complexity index is 380. The number of amides is 1. The van der Waals surface area contributed by atoms with Crippen LogP contribution < -0.4 is 0 Å². The van der Waals surface area contributed by atoms with Crippen molar-refractivity contribution in [2.75, 3.05) is 25.0 Å². The van der Waals surface area contributed by atoms with Gasteiger partial charge in [-0.2, -0.15) is 0 Å². The molecule has 1 aromatic rings. The molecule has 100 valence electrons. The highest BCUT2D eigenvalue weighted by Gasteiger charge is 2.30. The topological polar surface area (TPSA) is 53.7 Å². The Labute approximate surface area is 115 Å². The molecule has 1 N–H and O–H groups in total. The minimum Gasteiger partial charge on any atom is -0.469 e. The fraction of sp³-hybridized carbons (Fsp3) is 0.615. The second-order valence-electron chi connectivity index (χ2n) is 4.86. The molecule has 0 saturated carbocycles. The van der Waals surface area contributed by atoms with Gasteiger partial charge in [0.1, 0.15) is 5.76 Å². The molecule has 1 aromatic heterocycles. The van der Waals surface area contributed by atoms with Gasteiger partial charge in [-0.05, 0) is 18.1 Å². The summed E-state index contributed by atoms with van der Waals surface area (Å²) in [5.74, 6) is 1.50. The molecule has 1 amide bonds. The van der Waals surface area contributed by atoms with Gasteiger partial charge in [-0.15, -0.1) is 0 Å². The van der Waals surface area contributed by atoms with Gasteiger partial charge in [0, 0.05) is 43.8 Å². The van der Waals surface area contributed by atoms with Crippen LogP contribution in [0.1, 0.15) is 12.2 Å². The van der Waals surface area contributed by atoms with Crippen molar-refractivity contribution in [1.82, 2.24) is 4.90 Å². The molecular weight excluding hydrogens is 298 g/mol. The highest BCUT2D eigenvalue weighted by Crippen LogP contribution is 2.21. The van der Waals surface area contributed by atoms with E-state index in [0.717, 1.165) is 17.6 Å². The zero-order valence-electron chi connectivity index (χ0n) is 10.2. The summed E-state index contributed by atoms with van der Waals surface area (Å²) in [7, 11) is 0. The second-order valence-corrected chi connectivity index (χ2v) is 5.50. The third kappa shape index (κ3) is 3.36. The maximum Gasteiger partial charge on any atom is 0.222 e. The zero-order chi connectivity index (χ0) is 13.0. The van der Waals surface area contributed by atoms with Gasteiger partial charge < -0.3 is 14.4 Å². The maximum absolute atomic E-state index is 11.8. The number of hydrogen-bond donors (Lipinski definition) is 1. The minimum absolute atomic E-state index is 0.0502. The molecule has 2 heterocycles. The van der Waals surface area contributed by atoms with Crippen LogP contribution in [0.25, 0.3) is 0 Å². The van der Waals surface area contributed by atoms with E-state index in [1.54, 1.807) is 6.26 Å². The first-order valence-electron chi connectivity index (χ1n) is 6.20. The summed E-state index contributed by atoms with van der Waals surface area (Å²) in [5.41, 5.74) is 0. The summed E-state index contributed by atoms with van der Waals surface area (Å²) < 4.78 is 5.28.